The molecule has 1 saturated heterocycles. The minimum atomic E-state index is -0.119. The van der Waals surface area contributed by atoms with E-state index >= 15 is 0 Å². The molecular formula is C20H20ClN5OS. The summed E-state index contributed by atoms with van der Waals surface area (Å²) < 4.78 is 0. The van der Waals surface area contributed by atoms with E-state index in [-0.39, 0.29) is 12.3 Å². The molecule has 1 aliphatic heterocycles. The Labute approximate surface area is 172 Å². The molecule has 8 heteroatoms. The van der Waals surface area contributed by atoms with Crippen LogP contribution in [0.1, 0.15) is 25.0 Å². The minimum absolute atomic E-state index is 0.119. The Hall–Kier alpha value is -2.51. The van der Waals surface area contributed by atoms with Gasteiger partial charge >= 0.3 is 0 Å². The number of amides is 1. The first-order valence-corrected chi connectivity index (χ1v) is 10.5. The highest BCUT2D eigenvalue weighted by Crippen LogP contribution is 2.31. The Morgan fingerprint density at radius 3 is 2.75 bits per heavy atom. The summed E-state index contributed by atoms with van der Waals surface area (Å²) in [6, 6.07) is 7.43. The second-order valence-electron chi connectivity index (χ2n) is 6.65. The number of piperidine rings is 1. The first-order valence-electron chi connectivity index (χ1n) is 9.25. The largest absolute Gasteiger partial charge is 0.370 e. The third-order valence-electron chi connectivity index (χ3n) is 4.58. The van der Waals surface area contributed by atoms with E-state index in [4.69, 9.17) is 11.6 Å². The molecule has 0 spiro atoms. The number of thiazole rings is 1. The molecule has 6 nitrogen and oxygen atoms in total. The third kappa shape index (κ3) is 4.48. The Kier molecular flexibility index (Phi) is 5.83. The molecule has 28 heavy (non-hydrogen) atoms. The number of carbonyl (C=O) groups is 1. The van der Waals surface area contributed by atoms with Crippen LogP contribution in [-0.4, -0.2) is 33.9 Å². The van der Waals surface area contributed by atoms with Gasteiger partial charge in [-0.25, -0.2) is 15.0 Å². The van der Waals surface area contributed by atoms with Crippen molar-refractivity contribution in [1.82, 2.24) is 15.0 Å². The highest BCUT2D eigenvalue weighted by Gasteiger charge is 2.17. The van der Waals surface area contributed by atoms with Gasteiger partial charge in [-0.1, -0.05) is 11.6 Å². The third-order valence-corrected chi connectivity index (χ3v) is 5.70. The van der Waals surface area contributed by atoms with Crippen LogP contribution in [-0.2, 0) is 11.2 Å². The molecule has 3 heterocycles. The van der Waals surface area contributed by atoms with Crippen molar-refractivity contribution in [2.24, 2.45) is 0 Å². The molecule has 1 N–H and O–H groups in total. The molecule has 144 valence electrons. The lowest BCUT2D eigenvalue weighted by molar-refractivity contribution is -0.115. The second-order valence-corrected chi connectivity index (χ2v) is 7.95. The highest BCUT2D eigenvalue weighted by atomic mass is 35.5. The summed E-state index contributed by atoms with van der Waals surface area (Å²) in [6.45, 7) is 1.99. The van der Waals surface area contributed by atoms with Gasteiger partial charge in [0.2, 0.25) is 5.91 Å². The number of hydrogen-bond donors (Lipinski definition) is 1. The number of rotatable bonds is 5. The first kappa shape index (κ1) is 18.8. The molecule has 0 bridgehead atoms. The molecule has 3 aromatic rings. The van der Waals surface area contributed by atoms with Crippen molar-refractivity contribution in [1.29, 1.82) is 0 Å². The van der Waals surface area contributed by atoms with Gasteiger partial charge in [-0.15, -0.1) is 11.3 Å². The monoisotopic (exact) mass is 413 g/mol. The smallest absolute Gasteiger partial charge is 0.230 e. The van der Waals surface area contributed by atoms with Crippen LogP contribution in [0, 0.1) is 0 Å². The number of nitrogens with one attached hydrogen (secondary N) is 1. The molecule has 1 aliphatic rings. The number of aromatic nitrogens is 3. The van der Waals surface area contributed by atoms with E-state index < -0.39 is 0 Å². The summed E-state index contributed by atoms with van der Waals surface area (Å²) in [5.41, 5.74) is 2.47. The van der Waals surface area contributed by atoms with Crippen LogP contribution < -0.4 is 10.2 Å². The molecule has 4 rings (SSSR count). The van der Waals surface area contributed by atoms with Gasteiger partial charge in [-0.3, -0.25) is 4.79 Å². The zero-order valence-electron chi connectivity index (χ0n) is 15.3. The second kappa shape index (κ2) is 8.67. The molecule has 1 fully saturated rings. The highest BCUT2D eigenvalue weighted by molar-refractivity contribution is 7.13. The van der Waals surface area contributed by atoms with Crippen molar-refractivity contribution in [2.75, 3.05) is 23.3 Å². The van der Waals surface area contributed by atoms with Crippen molar-refractivity contribution < 1.29 is 4.79 Å². The average molecular weight is 414 g/mol. The number of anilines is 2. The van der Waals surface area contributed by atoms with E-state index in [1.54, 1.807) is 18.5 Å². The molecule has 0 aliphatic carbocycles. The minimum Gasteiger partial charge on any atom is -0.370 e. The number of carbonyl (C=O) groups excluding carboxylic acids is 1. The maximum Gasteiger partial charge on any atom is 0.230 e. The van der Waals surface area contributed by atoms with Crippen LogP contribution in [0.4, 0.5) is 11.4 Å². The lowest BCUT2D eigenvalue weighted by Crippen LogP contribution is -2.30. The van der Waals surface area contributed by atoms with Gasteiger partial charge in [-0.2, -0.15) is 0 Å². The van der Waals surface area contributed by atoms with Crippen LogP contribution in [0.2, 0.25) is 5.02 Å². The lowest BCUT2D eigenvalue weighted by atomic mass is 10.1. The van der Waals surface area contributed by atoms with Gasteiger partial charge in [0.1, 0.15) is 0 Å². The van der Waals surface area contributed by atoms with E-state index in [0.29, 0.717) is 21.5 Å². The van der Waals surface area contributed by atoms with Gasteiger partial charge in [0.05, 0.1) is 23.5 Å². The zero-order chi connectivity index (χ0) is 19.3. The molecule has 0 atom stereocenters. The van der Waals surface area contributed by atoms with Crippen LogP contribution in [0.3, 0.4) is 0 Å². The number of nitrogens with zero attached hydrogens (tertiary/aromatic N) is 4. The fraction of sp³-hybridized carbons (Fsp3) is 0.300. The SMILES string of the molecule is O=C(Cc1csc(-c2ncccn2)n1)Nc1cc(Cl)ccc1N1CCCCC1. The van der Waals surface area contributed by atoms with Crippen molar-refractivity contribution in [2.45, 2.75) is 25.7 Å². The Morgan fingerprint density at radius 1 is 1.18 bits per heavy atom. The fourth-order valence-electron chi connectivity index (χ4n) is 3.28. The van der Waals surface area contributed by atoms with Crippen LogP contribution in [0.25, 0.3) is 10.8 Å². The Balaban J connectivity index is 1.47. The van der Waals surface area contributed by atoms with Gasteiger partial charge in [-0.05, 0) is 43.5 Å². The summed E-state index contributed by atoms with van der Waals surface area (Å²) in [4.78, 5) is 27.8. The van der Waals surface area contributed by atoms with Crippen molar-refractivity contribution >= 4 is 40.2 Å². The predicted octanol–water partition coefficient (Wildman–Crippen LogP) is 4.43. The number of benzene rings is 1. The standard InChI is InChI=1S/C20H20ClN5OS/c21-14-5-6-17(26-9-2-1-3-10-26)16(11-14)25-18(27)12-15-13-28-20(24-15)19-22-7-4-8-23-19/h4-8,11,13H,1-3,9-10,12H2,(H,25,27). The van der Waals surface area contributed by atoms with Crippen LogP contribution in [0.5, 0.6) is 0 Å². The summed E-state index contributed by atoms with van der Waals surface area (Å²) in [6.07, 6.45) is 7.13. The van der Waals surface area contributed by atoms with Crippen molar-refractivity contribution in [3.63, 3.8) is 0 Å². The van der Waals surface area contributed by atoms with Gasteiger partial charge in [0.25, 0.3) is 0 Å². The average Bonchev–Trinajstić information content (AvgIpc) is 3.18. The van der Waals surface area contributed by atoms with E-state index in [9.17, 15) is 4.79 Å². The molecule has 1 amide bonds. The lowest BCUT2D eigenvalue weighted by Gasteiger charge is -2.30. The van der Waals surface area contributed by atoms with Crippen molar-refractivity contribution in [3.8, 4) is 10.8 Å². The Morgan fingerprint density at radius 2 is 1.96 bits per heavy atom. The fourth-order valence-corrected chi connectivity index (χ4v) is 4.21. The summed E-state index contributed by atoms with van der Waals surface area (Å²) in [5.74, 6) is 0.452. The maximum absolute atomic E-state index is 12.6. The van der Waals surface area contributed by atoms with Crippen LogP contribution in [0.15, 0.2) is 42.0 Å². The topological polar surface area (TPSA) is 71.0 Å². The van der Waals surface area contributed by atoms with E-state index in [2.05, 4.69) is 25.2 Å². The molecule has 0 saturated carbocycles. The summed E-state index contributed by atoms with van der Waals surface area (Å²) in [7, 11) is 0. The van der Waals surface area contributed by atoms with E-state index in [1.165, 1.54) is 30.6 Å². The van der Waals surface area contributed by atoms with Gasteiger partial charge in [0.15, 0.2) is 10.8 Å². The molecule has 2 aromatic heterocycles. The molecule has 0 unspecified atom stereocenters. The number of hydrogen-bond acceptors (Lipinski definition) is 6. The normalized spacial score (nSPS) is 14.1. The quantitative estimate of drug-likeness (QED) is 0.670. The summed E-state index contributed by atoms with van der Waals surface area (Å²) >= 11 is 7.61. The van der Waals surface area contributed by atoms with E-state index in [1.807, 2.05) is 23.6 Å². The first-order chi connectivity index (χ1) is 13.7. The van der Waals surface area contributed by atoms with Gasteiger partial charge < -0.3 is 10.2 Å². The molecule has 0 radical (unpaired) electrons. The zero-order valence-corrected chi connectivity index (χ0v) is 16.8. The van der Waals surface area contributed by atoms with Crippen LogP contribution >= 0.6 is 22.9 Å². The molecule has 1 aromatic carbocycles. The maximum atomic E-state index is 12.6. The van der Waals surface area contributed by atoms with Crippen molar-refractivity contribution in [3.05, 3.63) is 52.8 Å². The number of halogens is 1. The Bertz CT molecular complexity index is 956. The predicted molar refractivity (Wildman–Crippen MR) is 113 cm³/mol. The molecular weight excluding hydrogens is 394 g/mol. The van der Waals surface area contributed by atoms with E-state index in [0.717, 1.165) is 24.5 Å². The van der Waals surface area contributed by atoms with Gasteiger partial charge in [0, 0.05) is 35.9 Å². The summed E-state index contributed by atoms with van der Waals surface area (Å²) in [5, 5.41) is 6.20.